The number of rotatable bonds is 11. The van der Waals surface area contributed by atoms with Crippen molar-refractivity contribution in [2.24, 2.45) is 5.73 Å². The molecule has 1 aromatic heterocycles. The topological polar surface area (TPSA) is 113 Å². The molecule has 3 N–H and O–H groups in total. The normalized spacial score (nSPS) is 11.3. The van der Waals surface area contributed by atoms with Crippen molar-refractivity contribution < 1.29 is 27.0 Å². The van der Waals surface area contributed by atoms with Crippen LogP contribution < -0.4 is 24.7 Å². The molecule has 0 radical (unpaired) electrons. The average molecular weight is 574 g/mol. The minimum atomic E-state index is -3.98. The minimum Gasteiger partial charge on any atom is -0.493 e. The van der Waals surface area contributed by atoms with Crippen molar-refractivity contribution in [2.75, 3.05) is 25.0 Å². The summed E-state index contributed by atoms with van der Waals surface area (Å²) in [5.41, 5.74) is 7.80. The van der Waals surface area contributed by atoms with Crippen LogP contribution in [0.3, 0.4) is 0 Å². The third kappa shape index (κ3) is 6.40. The number of ether oxygens (including phenoxy) is 3. The summed E-state index contributed by atoms with van der Waals surface area (Å²) in [5, 5.41) is 0.581. The maximum atomic E-state index is 15.2. The van der Waals surface area contributed by atoms with Gasteiger partial charge in [-0.1, -0.05) is 42.5 Å². The van der Waals surface area contributed by atoms with E-state index in [0.29, 0.717) is 47.7 Å². The summed E-state index contributed by atoms with van der Waals surface area (Å²) in [6.45, 7) is 0.924. The zero-order chi connectivity index (χ0) is 28.8. The molecular weight excluding hydrogens is 545 g/mol. The monoisotopic (exact) mass is 573 g/mol. The third-order valence-corrected chi connectivity index (χ3v) is 7.63. The van der Waals surface area contributed by atoms with E-state index in [2.05, 4.69) is 9.71 Å². The molecule has 0 spiro atoms. The summed E-state index contributed by atoms with van der Waals surface area (Å²) in [7, 11) is -2.46. The molecule has 0 aliphatic carbocycles. The van der Waals surface area contributed by atoms with Crippen LogP contribution in [-0.4, -0.2) is 33.7 Å². The maximum absolute atomic E-state index is 15.2. The Morgan fingerprint density at radius 2 is 1.66 bits per heavy atom. The number of hydrogen-bond donors (Lipinski definition) is 2. The van der Waals surface area contributed by atoms with Crippen LogP contribution >= 0.6 is 0 Å². The number of benzene rings is 4. The van der Waals surface area contributed by atoms with Crippen molar-refractivity contribution in [3.05, 3.63) is 103 Å². The van der Waals surface area contributed by atoms with E-state index < -0.39 is 15.8 Å². The maximum Gasteiger partial charge on any atom is 0.261 e. The van der Waals surface area contributed by atoms with E-state index in [1.807, 2.05) is 36.4 Å². The lowest BCUT2D eigenvalue weighted by Gasteiger charge is -2.14. The van der Waals surface area contributed by atoms with Gasteiger partial charge < -0.3 is 19.9 Å². The van der Waals surface area contributed by atoms with E-state index in [-0.39, 0.29) is 16.3 Å². The average Bonchev–Trinajstić information content (AvgIpc) is 2.99. The predicted octanol–water partition coefficient (Wildman–Crippen LogP) is 6.37. The first kappa shape index (κ1) is 27.9. The summed E-state index contributed by atoms with van der Waals surface area (Å²) < 4.78 is 60.9. The van der Waals surface area contributed by atoms with E-state index in [1.54, 1.807) is 30.3 Å². The number of nitrogens with two attached hydrogens (primary N) is 1. The molecule has 0 fully saturated rings. The lowest BCUT2D eigenvalue weighted by Crippen LogP contribution is -2.13. The van der Waals surface area contributed by atoms with Gasteiger partial charge in [-0.05, 0) is 60.5 Å². The molecule has 1 heterocycles. The van der Waals surface area contributed by atoms with E-state index >= 15 is 4.39 Å². The molecule has 10 heteroatoms. The summed E-state index contributed by atoms with van der Waals surface area (Å²) >= 11 is 0. The molecule has 0 bridgehead atoms. The van der Waals surface area contributed by atoms with Crippen molar-refractivity contribution in [3.63, 3.8) is 0 Å². The van der Waals surface area contributed by atoms with E-state index in [9.17, 15) is 8.42 Å². The highest BCUT2D eigenvalue weighted by atomic mass is 32.2. The zero-order valence-electron chi connectivity index (χ0n) is 22.2. The van der Waals surface area contributed by atoms with Gasteiger partial charge in [0, 0.05) is 23.7 Å². The molecule has 41 heavy (non-hydrogen) atoms. The van der Waals surface area contributed by atoms with Crippen LogP contribution in [-0.2, 0) is 10.0 Å². The number of sulfonamides is 1. The molecule has 0 atom stereocenters. The SMILES string of the molecule is COc1cc2c(Oc3ccc(NS(=O)(=O)c4cccc(-c5ccccc5)c4)cc3F)ccnc2cc1OCCCN. The first-order valence-electron chi connectivity index (χ1n) is 12.8. The van der Waals surface area contributed by atoms with Gasteiger partial charge >= 0.3 is 0 Å². The lowest BCUT2D eigenvalue weighted by molar-refractivity contribution is 0.292. The van der Waals surface area contributed by atoms with Crippen LogP contribution in [0.15, 0.2) is 102 Å². The Labute approximate surface area is 237 Å². The summed E-state index contributed by atoms with van der Waals surface area (Å²) in [6.07, 6.45) is 2.22. The highest BCUT2D eigenvalue weighted by molar-refractivity contribution is 7.92. The number of halogens is 1. The predicted molar refractivity (Wildman–Crippen MR) is 157 cm³/mol. The van der Waals surface area contributed by atoms with Gasteiger partial charge in [-0.3, -0.25) is 9.71 Å². The fourth-order valence-corrected chi connectivity index (χ4v) is 5.30. The molecule has 0 aliphatic heterocycles. The van der Waals surface area contributed by atoms with Crippen LogP contribution in [0.4, 0.5) is 10.1 Å². The first-order chi connectivity index (χ1) is 19.9. The van der Waals surface area contributed by atoms with Gasteiger partial charge in [0.25, 0.3) is 10.0 Å². The number of fused-ring (bicyclic) bond motifs is 1. The molecule has 0 saturated carbocycles. The Morgan fingerprint density at radius 3 is 2.41 bits per heavy atom. The molecular formula is C31H28FN3O5S. The smallest absolute Gasteiger partial charge is 0.261 e. The van der Waals surface area contributed by atoms with Crippen LogP contribution in [0.5, 0.6) is 23.0 Å². The second kappa shape index (κ2) is 12.2. The first-order valence-corrected chi connectivity index (χ1v) is 14.3. The lowest BCUT2D eigenvalue weighted by atomic mass is 10.1. The van der Waals surface area contributed by atoms with Crippen molar-refractivity contribution in [1.29, 1.82) is 0 Å². The molecule has 5 rings (SSSR count). The Bertz CT molecular complexity index is 1780. The van der Waals surface area contributed by atoms with Gasteiger partial charge in [-0.15, -0.1) is 0 Å². The second-order valence-corrected chi connectivity index (χ2v) is 10.7. The summed E-state index contributed by atoms with van der Waals surface area (Å²) in [6, 6.07) is 24.9. The third-order valence-electron chi connectivity index (χ3n) is 6.25. The van der Waals surface area contributed by atoms with E-state index in [1.165, 1.54) is 31.5 Å². The molecule has 0 saturated heterocycles. The Balaban J connectivity index is 1.37. The fourth-order valence-electron chi connectivity index (χ4n) is 4.21. The summed E-state index contributed by atoms with van der Waals surface area (Å²) in [5.74, 6) is 0.478. The van der Waals surface area contributed by atoms with Gasteiger partial charge in [-0.2, -0.15) is 0 Å². The standard InChI is InChI=1S/C31H28FN3O5S/c1-38-30-19-25-27(20-31(30)39-16-6-14-33)34-15-13-28(25)40-29-12-11-23(18-26(29)32)35-41(36,37)24-10-5-9-22(17-24)21-7-3-2-4-8-21/h2-5,7-13,15,17-20,35H,6,14,16,33H2,1H3. The summed E-state index contributed by atoms with van der Waals surface area (Å²) in [4.78, 5) is 4.43. The van der Waals surface area contributed by atoms with Crippen LogP contribution in [0.1, 0.15) is 6.42 Å². The van der Waals surface area contributed by atoms with Gasteiger partial charge in [0.15, 0.2) is 23.1 Å². The van der Waals surface area contributed by atoms with Gasteiger partial charge in [0.1, 0.15) is 5.75 Å². The minimum absolute atomic E-state index is 0.0560. The largest absolute Gasteiger partial charge is 0.493 e. The van der Waals surface area contributed by atoms with E-state index in [4.69, 9.17) is 19.9 Å². The molecule has 0 unspecified atom stereocenters. The zero-order valence-corrected chi connectivity index (χ0v) is 23.0. The molecule has 5 aromatic rings. The molecule has 4 aromatic carbocycles. The van der Waals surface area contributed by atoms with Crippen molar-refractivity contribution in [2.45, 2.75) is 11.3 Å². The van der Waals surface area contributed by atoms with Gasteiger partial charge in [0.2, 0.25) is 0 Å². The number of hydrogen-bond acceptors (Lipinski definition) is 7. The fraction of sp³-hybridized carbons (Fsp3) is 0.129. The van der Waals surface area contributed by atoms with Crippen molar-refractivity contribution in [3.8, 4) is 34.1 Å². The number of nitrogens with one attached hydrogen (secondary N) is 1. The number of methoxy groups -OCH3 is 1. The second-order valence-electron chi connectivity index (χ2n) is 9.07. The molecule has 210 valence electrons. The van der Waals surface area contributed by atoms with Gasteiger partial charge in [-0.25, -0.2) is 12.8 Å². The Kier molecular flexibility index (Phi) is 8.32. The number of aromatic nitrogens is 1. The number of nitrogens with zero attached hydrogens (tertiary/aromatic N) is 1. The Hall–Kier alpha value is -4.67. The highest BCUT2D eigenvalue weighted by Crippen LogP contribution is 2.38. The number of pyridine rings is 1. The Morgan fingerprint density at radius 1 is 0.854 bits per heavy atom. The quantitative estimate of drug-likeness (QED) is 0.177. The van der Waals surface area contributed by atoms with Crippen LogP contribution in [0, 0.1) is 5.82 Å². The molecule has 8 nitrogen and oxygen atoms in total. The number of anilines is 1. The van der Waals surface area contributed by atoms with Gasteiger partial charge in [0.05, 0.1) is 29.8 Å². The van der Waals surface area contributed by atoms with Crippen molar-refractivity contribution in [1.82, 2.24) is 4.98 Å². The molecule has 0 aliphatic rings. The van der Waals surface area contributed by atoms with Crippen LogP contribution in [0.2, 0.25) is 0 Å². The van der Waals surface area contributed by atoms with E-state index in [0.717, 1.165) is 17.2 Å². The van der Waals surface area contributed by atoms with Crippen LogP contribution in [0.25, 0.3) is 22.0 Å². The molecule has 0 amide bonds. The highest BCUT2D eigenvalue weighted by Gasteiger charge is 2.18. The van der Waals surface area contributed by atoms with Crippen molar-refractivity contribution >= 4 is 26.6 Å².